The lowest BCUT2D eigenvalue weighted by Crippen LogP contribution is -1.86. The molecule has 0 N–H and O–H groups in total. The van der Waals surface area contributed by atoms with Crippen molar-refractivity contribution in [3.8, 4) is 32.0 Å². The topological polar surface area (TPSA) is 0 Å². The second-order valence-corrected chi connectivity index (χ2v) is 8.77. The first-order valence-electron chi connectivity index (χ1n) is 10.5. The first-order chi connectivity index (χ1) is 15.4. The van der Waals surface area contributed by atoms with E-state index >= 15 is 0 Å². The molecule has 0 aliphatic rings. The highest BCUT2D eigenvalue weighted by atomic mass is 32.1. The summed E-state index contributed by atoms with van der Waals surface area (Å²) in [5.41, 5.74) is 5.14. The maximum absolute atomic E-state index is 2.28. The lowest BCUT2D eigenvalue weighted by molar-refractivity contribution is 1.64. The van der Waals surface area contributed by atoms with Crippen molar-refractivity contribution < 1.29 is 0 Å². The predicted octanol–water partition coefficient (Wildman–Crippen LogP) is 9.06. The van der Waals surface area contributed by atoms with Crippen LogP contribution in [0.15, 0.2) is 121 Å². The minimum absolute atomic E-state index is 1.25. The van der Waals surface area contributed by atoms with Gasteiger partial charge in [-0.2, -0.15) is 0 Å². The van der Waals surface area contributed by atoms with Crippen molar-refractivity contribution in [2.24, 2.45) is 0 Å². The van der Waals surface area contributed by atoms with Crippen molar-refractivity contribution in [1.29, 1.82) is 0 Å². The van der Waals surface area contributed by atoms with Crippen LogP contribution in [0.1, 0.15) is 0 Å². The van der Waals surface area contributed by atoms with Gasteiger partial charge in [0.15, 0.2) is 0 Å². The van der Waals surface area contributed by atoms with Crippen LogP contribution in [0, 0.1) is 0 Å². The monoisotopic (exact) mass is 412 g/mol. The molecule has 0 nitrogen and oxygen atoms in total. The largest absolute Gasteiger partial charge is 0.134 e. The second kappa shape index (κ2) is 7.54. The fourth-order valence-corrected chi connectivity index (χ4v) is 5.81. The van der Waals surface area contributed by atoms with Gasteiger partial charge in [0.1, 0.15) is 0 Å². The maximum atomic E-state index is 2.28. The Labute approximate surface area is 186 Å². The molecule has 31 heavy (non-hydrogen) atoms. The van der Waals surface area contributed by atoms with E-state index in [1.54, 1.807) is 0 Å². The molecule has 0 radical (unpaired) electrons. The molecular formula is C30H20S. The summed E-state index contributed by atoms with van der Waals surface area (Å²) in [6.07, 6.45) is 0. The second-order valence-electron chi connectivity index (χ2n) is 7.75. The summed E-state index contributed by atoms with van der Waals surface area (Å²) in [4.78, 5) is 2.67. The van der Waals surface area contributed by atoms with Gasteiger partial charge in [0, 0.05) is 26.1 Å². The van der Waals surface area contributed by atoms with Crippen LogP contribution in [-0.2, 0) is 0 Å². The molecule has 0 saturated heterocycles. The number of rotatable bonds is 3. The number of thiophene rings is 1. The van der Waals surface area contributed by atoms with Gasteiger partial charge in [0.25, 0.3) is 0 Å². The molecule has 0 bridgehead atoms. The normalized spacial score (nSPS) is 11.2. The van der Waals surface area contributed by atoms with E-state index in [0.717, 1.165) is 0 Å². The third-order valence-corrected chi connectivity index (χ3v) is 7.19. The molecule has 0 unspecified atom stereocenters. The molecule has 5 aromatic carbocycles. The van der Waals surface area contributed by atoms with Crippen molar-refractivity contribution in [3.63, 3.8) is 0 Å². The standard InChI is InChI=1S/C30H20S/c1-3-11-21(12-4-1)25-20-19-22-13-7-8-16-24(22)28(25)30-27-18-10-9-17-26(27)29(31-30)23-14-5-2-6-15-23/h1-20H. The van der Waals surface area contributed by atoms with Gasteiger partial charge in [0.2, 0.25) is 0 Å². The van der Waals surface area contributed by atoms with Crippen molar-refractivity contribution in [2.75, 3.05) is 0 Å². The zero-order valence-corrected chi connectivity index (χ0v) is 17.8. The Kier molecular flexibility index (Phi) is 4.40. The van der Waals surface area contributed by atoms with Gasteiger partial charge in [-0.15, -0.1) is 11.3 Å². The summed E-state index contributed by atoms with van der Waals surface area (Å²) in [5, 5.41) is 5.21. The Hall–Kier alpha value is -3.68. The minimum Gasteiger partial charge on any atom is -0.134 e. The first-order valence-corrected chi connectivity index (χ1v) is 11.4. The van der Waals surface area contributed by atoms with Gasteiger partial charge in [0.05, 0.1) is 0 Å². The summed E-state index contributed by atoms with van der Waals surface area (Å²) in [6.45, 7) is 0. The van der Waals surface area contributed by atoms with Crippen molar-refractivity contribution in [1.82, 2.24) is 0 Å². The fourth-order valence-electron chi connectivity index (χ4n) is 4.46. The van der Waals surface area contributed by atoms with E-state index < -0.39 is 0 Å². The van der Waals surface area contributed by atoms with Crippen LogP contribution in [0.5, 0.6) is 0 Å². The third-order valence-electron chi connectivity index (χ3n) is 5.90. The van der Waals surface area contributed by atoms with E-state index in [1.807, 2.05) is 11.3 Å². The summed E-state index contributed by atoms with van der Waals surface area (Å²) in [5.74, 6) is 0. The number of benzene rings is 5. The molecule has 0 aliphatic carbocycles. The molecule has 1 aromatic heterocycles. The van der Waals surface area contributed by atoms with Crippen LogP contribution >= 0.6 is 11.3 Å². The number of fused-ring (bicyclic) bond motifs is 2. The van der Waals surface area contributed by atoms with Gasteiger partial charge >= 0.3 is 0 Å². The smallest absolute Gasteiger partial charge is 0.0440 e. The van der Waals surface area contributed by atoms with Crippen molar-refractivity contribution in [2.45, 2.75) is 0 Å². The quantitative estimate of drug-likeness (QED) is 0.272. The van der Waals surface area contributed by atoms with Crippen LogP contribution in [0.4, 0.5) is 0 Å². The summed E-state index contributed by atoms with van der Waals surface area (Å²) >= 11 is 1.90. The Bertz CT molecular complexity index is 1510. The van der Waals surface area contributed by atoms with Crippen molar-refractivity contribution >= 4 is 32.9 Å². The highest BCUT2D eigenvalue weighted by molar-refractivity contribution is 7.21. The molecule has 0 fully saturated rings. The molecule has 146 valence electrons. The Balaban J connectivity index is 1.74. The first kappa shape index (κ1) is 18.1. The van der Waals surface area contributed by atoms with Crippen LogP contribution in [-0.4, -0.2) is 0 Å². The van der Waals surface area contributed by atoms with Gasteiger partial charge in [-0.1, -0.05) is 121 Å². The Morgan fingerprint density at radius 3 is 1.65 bits per heavy atom. The SMILES string of the molecule is c1ccc(-c2ccc3ccccc3c2-c2sc(-c3ccccc3)c3ccccc23)cc1. The fraction of sp³-hybridized carbons (Fsp3) is 0. The van der Waals surface area contributed by atoms with E-state index in [4.69, 9.17) is 0 Å². The number of hydrogen-bond acceptors (Lipinski definition) is 1. The van der Waals surface area contributed by atoms with E-state index in [1.165, 1.54) is 53.6 Å². The van der Waals surface area contributed by atoms with Crippen LogP contribution in [0.25, 0.3) is 53.6 Å². The highest BCUT2D eigenvalue weighted by Crippen LogP contribution is 2.48. The van der Waals surface area contributed by atoms with Gasteiger partial charge < -0.3 is 0 Å². The van der Waals surface area contributed by atoms with E-state index in [-0.39, 0.29) is 0 Å². The lowest BCUT2D eigenvalue weighted by Gasteiger charge is -2.13. The van der Waals surface area contributed by atoms with E-state index in [0.29, 0.717) is 0 Å². The molecule has 1 heterocycles. The van der Waals surface area contributed by atoms with E-state index in [2.05, 4.69) is 121 Å². The third kappa shape index (κ3) is 3.06. The van der Waals surface area contributed by atoms with Gasteiger partial charge in [-0.05, 0) is 27.5 Å². The van der Waals surface area contributed by atoms with Crippen LogP contribution in [0.3, 0.4) is 0 Å². The molecule has 0 spiro atoms. The molecule has 0 atom stereocenters. The molecule has 6 rings (SSSR count). The molecule has 0 saturated carbocycles. The van der Waals surface area contributed by atoms with Crippen LogP contribution in [0.2, 0.25) is 0 Å². The average molecular weight is 413 g/mol. The van der Waals surface area contributed by atoms with E-state index in [9.17, 15) is 0 Å². The Morgan fingerprint density at radius 2 is 0.935 bits per heavy atom. The summed E-state index contributed by atoms with van der Waals surface area (Å²) < 4.78 is 0. The summed E-state index contributed by atoms with van der Waals surface area (Å²) in [7, 11) is 0. The minimum atomic E-state index is 1.25. The van der Waals surface area contributed by atoms with Gasteiger partial charge in [-0.3, -0.25) is 0 Å². The predicted molar refractivity (Wildman–Crippen MR) is 136 cm³/mol. The number of hydrogen-bond donors (Lipinski definition) is 0. The maximum Gasteiger partial charge on any atom is 0.0440 e. The van der Waals surface area contributed by atoms with Crippen molar-refractivity contribution in [3.05, 3.63) is 121 Å². The molecule has 0 aliphatic heterocycles. The lowest BCUT2D eigenvalue weighted by atomic mass is 9.92. The average Bonchev–Trinajstić information content (AvgIpc) is 3.24. The highest BCUT2D eigenvalue weighted by Gasteiger charge is 2.19. The Morgan fingerprint density at radius 1 is 0.387 bits per heavy atom. The molecule has 0 amide bonds. The zero-order chi connectivity index (χ0) is 20.6. The molecule has 6 aromatic rings. The molecular weight excluding hydrogens is 392 g/mol. The van der Waals surface area contributed by atoms with Crippen LogP contribution < -0.4 is 0 Å². The molecule has 1 heteroatoms. The summed E-state index contributed by atoms with van der Waals surface area (Å²) in [6, 6.07) is 43.6. The van der Waals surface area contributed by atoms with Gasteiger partial charge in [-0.25, -0.2) is 0 Å². The zero-order valence-electron chi connectivity index (χ0n) is 17.0.